The third-order valence-corrected chi connectivity index (χ3v) is 6.72. The zero-order valence-corrected chi connectivity index (χ0v) is 14.5. The van der Waals surface area contributed by atoms with Gasteiger partial charge in [0.15, 0.2) is 6.04 Å². The lowest BCUT2D eigenvalue weighted by Crippen LogP contribution is -3.17. The van der Waals surface area contributed by atoms with Crippen molar-refractivity contribution in [1.29, 1.82) is 5.26 Å². The summed E-state index contributed by atoms with van der Waals surface area (Å²) in [4.78, 5) is 1.48. The van der Waals surface area contributed by atoms with Crippen molar-refractivity contribution in [2.24, 2.45) is 0 Å². The van der Waals surface area contributed by atoms with Gasteiger partial charge in [-0.05, 0) is 30.7 Å². The van der Waals surface area contributed by atoms with Crippen molar-refractivity contribution >= 4 is 26.0 Å². The van der Waals surface area contributed by atoms with Gasteiger partial charge < -0.3 is 4.90 Å². The number of quaternary nitrogens is 1. The van der Waals surface area contributed by atoms with Crippen LogP contribution in [0.1, 0.15) is 12.5 Å². The molecule has 0 spiro atoms. The van der Waals surface area contributed by atoms with Crippen LogP contribution in [-0.2, 0) is 10.0 Å². The van der Waals surface area contributed by atoms with Gasteiger partial charge in [-0.15, -0.1) is 0 Å². The number of hydrogen-bond donors (Lipinski definition) is 1. The van der Waals surface area contributed by atoms with E-state index in [0.29, 0.717) is 31.1 Å². The largest absolute Gasteiger partial charge is 0.319 e. The molecule has 21 heavy (non-hydrogen) atoms. The Balaban J connectivity index is 2.15. The topological polar surface area (TPSA) is 65.6 Å². The van der Waals surface area contributed by atoms with Gasteiger partial charge >= 0.3 is 0 Å². The van der Waals surface area contributed by atoms with Gasteiger partial charge in [0.25, 0.3) is 0 Å². The van der Waals surface area contributed by atoms with Crippen LogP contribution in [0, 0.1) is 18.3 Å². The van der Waals surface area contributed by atoms with Crippen LogP contribution in [0.5, 0.6) is 0 Å². The minimum Gasteiger partial charge on any atom is -0.319 e. The molecular formula is C14H19BrN3O2S+. The van der Waals surface area contributed by atoms with Crippen LogP contribution in [-0.4, -0.2) is 44.9 Å². The zero-order valence-electron chi connectivity index (χ0n) is 12.1. The van der Waals surface area contributed by atoms with E-state index in [9.17, 15) is 8.42 Å². The molecule has 1 fully saturated rings. The smallest absolute Gasteiger partial charge is 0.243 e. The SMILES string of the molecule is Cc1cc(S(=O)(=O)N2CC[NH+]([C@H](C)C#N)CC2)ccc1Br. The fraction of sp³-hybridized carbons (Fsp3) is 0.500. The van der Waals surface area contributed by atoms with Gasteiger partial charge in [0.1, 0.15) is 6.07 Å². The van der Waals surface area contributed by atoms with Crippen LogP contribution >= 0.6 is 15.9 Å². The monoisotopic (exact) mass is 372 g/mol. The van der Waals surface area contributed by atoms with Crippen molar-refractivity contribution in [3.63, 3.8) is 0 Å². The van der Waals surface area contributed by atoms with Gasteiger partial charge in [-0.1, -0.05) is 15.9 Å². The van der Waals surface area contributed by atoms with E-state index in [1.54, 1.807) is 18.2 Å². The summed E-state index contributed by atoms with van der Waals surface area (Å²) in [6.07, 6.45) is 0. The van der Waals surface area contributed by atoms with E-state index in [2.05, 4.69) is 22.0 Å². The van der Waals surface area contributed by atoms with E-state index in [0.717, 1.165) is 14.9 Å². The molecule has 1 aromatic rings. The molecule has 1 aromatic carbocycles. The number of halogens is 1. The second-order valence-corrected chi connectivity index (χ2v) is 8.12. The van der Waals surface area contributed by atoms with E-state index in [-0.39, 0.29) is 6.04 Å². The van der Waals surface area contributed by atoms with Gasteiger partial charge in [0.05, 0.1) is 31.1 Å². The highest BCUT2D eigenvalue weighted by molar-refractivity contribution is 9.10. The number of rotatable bonds is 3. The van der Waals surface area contributed by atoms with E-state index < -0.39 is 10.0 Å². The number of hydrogen-bond acceptors (Lipinski definition) is 3. The molecule has 2 rings (SSSR count). The maximum Gasteiger partial charge on any atom is 0.243 e. The minimum atomic E-state index is -3.44. The summed E-state index contributed by atoms with van der Waals surface area (Å²) >= 11 is 3.38. The third-order valence-electron chi connectivity index (χ3n) is 3.94. The maximum atomic E-state index is 12.6. The molecular weight excluding hydrogens is 354 g/mol. The van der Waals surface area contributed by atoms with Crippen LogP contribution in [0.2, 0.25) is 0 Å². The van der Waals surface area contributed by atoms with Gasteiger partial charge in [0, 0.05) is 11.4 Å². The summed E-state index contributed by atoms with van der Waals surface area (Å²) in [5.74, 6) is 0. The maximum absolute atomic E-state index is 12.6. The Morgan fingerprint density at radius 3 is 2.52 bits per heavy atom. The number of benzene rings is 1. The Kier molecular flexibility index (Phi) is 5.04. The second kappa shape index (κ2) is 6.44. The van der Waals surface area contributed by atoms with Crippen LogP contribution in [0.3, 0.4) is 0 Å². The number of nitriles is 1. The molecule has 1 saturated heterocycles. The van der Waals surface area contributed by atoms with Crippen molar-refractivity contribution in [2.75, 3.05) is 26.2 Å². The lowest BCUT2D eigenvalue weighted by molar-refractivity contribution is -0.918. The average Bonchev–Trinajstić information content (AvgIpc) is 2.49. The molecule has 1 heterocycles. The first-order valence-electron chi connectivity index (χ1n) is 6.86. The van der Waals surface area contributed by atoms with Crippen molar-refractivity contribution in [1.82, 2.24) is 4.31 Å². The predicted octanol–water partition coefficient (Wildman–Crippen LogP) is 0.559. The van der Waals surface area contributed by atoms with Crippen molar-refractivity contribution in [3.05, 3.63) is 28.2 Å². The molecule has 114 valence electrons. The van der Waals surface area contributed by atoms with Crippen LogP contribution in [0.25, 0.3) is 0 Å². The fourth-order valence-corrected chi connectivity index (χ4v) is 4.24. The standard InChI is InChI=1S/C14H18BrN3O2S/c1-11-9-13(3-4-14(11)15)21(19,20)18-7-5-17(6-8-18)12(2)10-16/h3-4,9,12H,5-8H2,1-2H3/p+1/t12-/m1/s1. The summed E-state index contributed by atoms with van der Waals surface area (Å²) in [6.45, 7) is 6.00. The number of nitrogens with one attached hydrogen (secondary N) is 1. The predicted molar refractivity (Wildman–Crippen MR) is 83.4 cm³/mol. The summed E-state index contributed by atoms with van der Waals surface area (Å²) in [5.41, 5.74) is 0.901. The molecule has 1 aliphatic rings. The second-order valence-electron chi connectivity index (χ2n) is 5.32. The first-order chi connectivity index (χ1) is 9.86. The van der Waals surface area contributed by atoms with E-state index >= 15 is 0 Å². The first kappa shape index (κ1) is 16.4. The minimum absolute atomic E-state index is 0.0928. The number of piperazine rings is 1. The summed E-state index contributed by atoms with van der Waals surface area (Å²) < 4.78 is 27.7. The van der Waals surface area contributed by atoms with Gasteiger partial charge in [-0.3, -0.25) is 0 Å². The average molecular weight is 373 g/mol. The Labute approximate surface area is 134 Å². The summed E-state index contributed by atoms with van der Waals surface area (Å²) in [6, 6.07) is 7.22. The van der Waals surface area contributed by atoms with E-state index in [1.165, 1.54) is 4.31 Å². The molecule has 1 aliphatic heterocycles. The Morgan fingerprint density at radius 2 is 2.00 bits per heavy atom. The molecule has 0 aliphatic carbocycles. The first-order valence-corrected chi connectivity index (χ1v) is 9.10. The Bertz CT molecular complexity index is 661. The highest BCUT2D eigenvalue weighted by Gasteiger charge is 2.32. The highest BCUT2D eigenvalue weighted by atomic mass is 79.9. The molecule has 1 N–H and O–H groups in total. The third kappa shape index (κ3) is 3.46. The van der Waals surface area contributed by atoms with Crippen LogP contribution in [0.15, 0.2) is 27.6 Å². The van der Waals surface area contributed by atoms with Crippen molar-refractivity contribution in [3.8, 4) is 6.07 Å². The molecule has 0 aromatic heterocycles. The normalized spacial score (nSPS) is 19.1. The number of nitrogens with zero attached hydrogens (tertiary/aromatic N) is 2. The fourth-order valence-electron chi connectivity index (χ4n) is 2.46. The highest BCUT2D eigenvalue weighted by Crippen LogP contribution is 2.22. The Hall–Kier alpha value is -0.940. The molecule has 1 atom stereocenters. The molecule has 7 heteroatoms. The lowest BCUT2D eigenvalue weighted by atomic mass is 10.2. The molecule has 0 amide bonds. The summed E-state index contributed by atoms with van der Waals surface area (Å²) in [7, 11) is -3.44. The molecule has 0 bridgehead atoms. The molecule has 0 saturated carbocycles. The number of aryl methyl sites for hydroxylation is 1. The van der Waals surface area contributed by atoms with Crippen LogP contribution < -0.4 is 4.90 Å². The molecule has 5 nitrogen and oxygen atoms in total. The molecule has 0 radical (unpaired) electrons. The summed E-state index contributed by atoms with van der Waals surface area (Å²) in [5, 5.41) is 8.94. The lowest BCUT2D eigenvalue weighted by Gasteiger charge is -2.32. The van der Waals surface area contributed by atoms with Gasteiger partial charge in [-0.25, -0.2) is 8.42 Å². The van der Waals surface area contributed by atoms with Crippen LogP contribution in [0.4, 0.5) is 0 Å². The van der Waals surface area contributed by atoms with Gasteiger partial charge in [-0.2, -0.15) is 9.57 Å². The zero-order chi connectivity index (χ0) is 15.6. The number of sulfonamides is 1. The van der Waals surface area contributed by atoms with E-state index in [1.807, 2.05) is 13.8 Å². The Morgan fingerprint density at radius 1 is 1.38 bits per heavy atom. The van der Waals surface area contributed by atoms with E-state index in [4.69, 9.17) is 5.26 Å². The molecule has 0 unspecified atom stereocenters. The van der Waals surface area contributed by atoms with Gasteiger partial charge in [0.2, 0.25) is 10.0 Å². The quantitative estimate of drug-likeness (QED) is 0.842. The van der Waals surface area contributed by atoms with Crippen molar-refractivity contribution in [2.45, 2.75) is 24.8 Å². The van der Waals surface area contributed by atoms with Crippen molar-refractivity contribution < 1.29 is 13.3 Å².